The van der Waals surface area contributed by atoms with E-state index in [4.69, 9.17) is 12.2 Å². The summed E-state index contributed by atoms with van der Waals surface area (Å²) in [5.74, 6) is -1.55. The van der Waals surface area contributed by atoms with E-state index < -0.39 is 17.6 Å². The van der Waals surface area contributed by atoms with Gasteiger partial charge in [0.15, 0.2) is 5.11 Å². The number of carbonyl (C=O) groups excluding carboxylic acids is 2. The van der Waals surface area contributed by atoms with Crippen molar-refractivity contribution in [1.82, 2.24) is 5.32 Å². The highest BCUT2D eigenvalue weighted by Crippen LogP contribution is 2.23. The van der Waals surface area contributed by atoms with E-state index in [1.165, 1.54) is 35.2 Å². The zero-order chi connectivity index (χ0) is 17.3. The molecule has 1 aliphatic heterocycles. The van der Waals surface area contributed by atoms with Crippen molar-refractivity contribution in [2.45, 2.75) is 0 Å². The van der Waals surface area contributed by atoms with Crippen LogP contribution in [0, 0.1) is 5.82 Å². The van der Waals surface area contributed by atoms with E-state index in [1.807, 2.05) is 6.07 Å². The molecule has 1 heterocycles. The predicted octanol–water partition coefficient (Wildman–Crippen LogP) is 3.42. The first-order valence-electron chi connectivity index (χ1n) is 6.88. The molecule has 2 amide bonds. The van der Waals surface area contributed by atoms with Crippen LogP contribution in [0.4, 0.5) is 10.1 Å². The molecule has 4 nitrogen and oxygen atoms in total. The Hall–Kier alpha value is -2.38. The third-order valence-electron chi connectivity index (χ3n) is 3.35. The lowest BCUT2D eigenvalue weighted by molar-refractivity contribution is -0.122. The van der Waals surface area contributed by atoms with Gasteiger partial charge in [-0.2, -0.15) is 0 Å². The zero-order valence-electron chi connectivity index (χ0n) is 12.1. The zero-order valence-corrected chi connectivity index (χ0v) is 14.5. The van der Waals surface area contributed by atoms with Crippen molar-refractivity contribution in [1.29, 1.82) is 0 Å². The second-order valence-electron chi connectivity index (χ2n) is 4.99. The minimum atomic E-state index is -0.566. The minimum absolute atomic E-state index is 0.0389. The van der Waals surface area contributed by atoms with Crippen LogP contribution in [-0.2, 0) is 9.59 Å². The van der Waals surface area contributed by atoms with Crippen LogP contribution in [-0.4, -0.2) is 16.9 Å². The molecule has 0 atom stereocenters. The number of carbonyl (C=O) groups is 2. The lowest BCUT2D eigenvalue weighted by Gasteiger charge is -2.28. The van der Waals surface area contributed by atoms with Gasteiger partial charge in [-0.3, -0.25) is 19.8 Å². The number of nitrogens with one attached hydrogen (secondary N) is 1. The average Bonchev–Trinajstić information content (AvgIpc) is 2.53. The number of halogens is 2. The molecule has 2 aromatic carbocycles. The summed E-state index contributed by atoms with van der Waals surface area (Å²) in [5.41, 5.74) is 1.02. The topological polar surface area (TPSA) is 49.4 Å². The van der Waals surface area contributed by atoms with Crippen LogP contribution in [0.2, 0.25) is 0 Å². The van der Waals surface area contributed by atoms with Crippen LogP contribution in [0.3, 0.4) is 0 Å². The maximum atomic E-state index is 13.1. The predicted molar refractivity (Wildman–Crippen MR) is 96.7 cm³/mol. The third-order valence-corrected chi connectivity index (χ3v) is 4.12. The molecule has 0 aromatic heterocycles. The molecular formula is C17H10BrFN2O2S. The Bertz CT molecular complexity index is 880. The molecule has 3 rings (SSSR count). The Kier molecular flexibility index (Phi) is 4.55. The quantitative estimate of drug-likeness (QED) is 0.473. The van der Waals surface area contributed by atoms with E-state index >= 15 is 0 Å². The minimum Gasteiger partial charge on any atom is -0.298 e. The first-order valence-corrected chi connectivity index (χ1v) is 8.08. The van der Waals surface area contributed by atoms with Gasteiger partial charge in [-0.1, -0.05) is 28.1 Å². The third kappa shape index (κ3) is 3.27. The van der Waals surface area contributed by atoms with E-state index in [9.17, 15) is 14.0 Å². The van der Waals surface area contributed by atoms with Gasteiger partial charge in [-0.25, -0.2) is 4.39 Å². The normalized spacial score (nSPS) is 16.5. The number of nitrogens with zero attached hydrogens (tertiary/aromatic N) is 1. The number of amides is 2. The number of rotatable bonds is 2. The van der Waals surface area contributed by atoms with Crippen molar-refractivity contribution in [3.8, 4) is 0 Å². The summed E-state index contributed by atoms with van der Waals surface area (Å²) in [4.78, 5) is 26.0. The molecule has 0 saturated carbocycles. The van der Waals surface area contributed by atoms with Crippen LogP contribution >= 0.6 is 28.1 Å². The highest BCUT2D eigenvalue weighted by Gasteiger charge is 2.34. The Balaban J connectivity index is 2.01. The van der Waals surface area contributed by atoms with Gasteiger partial charge in [0.25, 0.3) is 11.8 Å². The Morgan fingerprint density at radius 2 is 1.83 bits per heavy atom. The number of anilines is 1. The van der Waals surface area contributed by atoms with Gasteiger partial charge in [-0.05, 0) is 60.3 Å². The summed E-state index contributed by atoms with van der Waals surface area (Å²) < 4.78 is 13.9. The van der Waals surface area contributed by atoms with E-state index in [1.54, 1.807) is 18.2 Å². The SMILES string of the molecule is O=C1NC(=S)N(c2ccc(F)cc2)C(=O)/C1=C\c1cccc(Br)c1. The summed E-state index contributed by atoms with van der Waals surface area (Å²) in [6, 6.07) is 12.5. The van der Waals surface area contributed by atoms with E-state index in [2.05, 4.69) is 21.2 Å². The molecule has 1 N–H and O–H groups in total. The Morgan fingerprint density at radius 1 is 1.12 bits per heavy atom. The summed E-state index contributed by atoms with van der Waals surface area (Å²) >= 11 is 8.42. The molecular weight excluding hydrogens is 395 g/mol. The standard InChI is InChI=1S/C17H10BrFN2O2S/c18-11-3-1-2-10(8-11)9-14-15(22)20-17(24)21(16(14)23)13-6-4-12(19)5-7-13/h1-9H,(H,20,22,24)/b14-9-. The van der Waals surface area contributed by atoms with Gasteiger partial charge in [0, 0.05) is 4.47 Å². The molecule has 0 unspecified atom stereocenters. The largest absolute Gasteiger partial charge is 0.298 e. The molecule has 0 bridgehead atoms. The van der Waals surface area contributed by atoms with Crippen molar-refractivity contribution >= 4 is 56.8 Å². The van der Waals surface area contributed by atoms with Gasteiger partial charge in [0.2, 0.25) is 0 Å². The molecule has 2 aromatic rings. The monoisotopic (exact) mass is 404 g/mol. The van der Waals surface area contributed by atoms with E-state index in [-0.39, 0.29) is 10.7 Å². The maximum absolute atomic E-state index is 13.1. The highest BCUT2D eigenvalue weighted by molar-refractivity contribution is 9.10. The first kappa shape index (κ1) is 16.5. The smallest absolute Gasteiger partial charge is 0.270 e. The molecule has 0 radical (unpaired) electrons. The van der Waals surface area contributed by atoms with Gasteiger partial charge >= 0.3 is 0 Å². The van der Waals surface area contributed by atoms with Crippen molar-refractivity contribution in [3.63, 3.8) is 0 Å². The van der Waals surface area contributed by atoms with Crippen LogP contribution in [0.15, 0.2) is 58.6 Å². The molecule has 7 heteroatoms. The fourth-order valence-corrected chi connectivity index (χ4v) is 2.94. The van der Waals surface area contributed by atoms with Gasteiger partial charge < -0.3 is 0 Å². The number of benzene rings is 2. The van der Waals surface area contributed by atoms with Crippen LogP contribution in [0.25, 0.3) is 6.08 Å². The Labute approximate surface area is 151 Å². The van der Waals surface area contributed by atoms with Crippen molar-refractivity contribution in [2.75, 3.05) is 4.90 Å². The van der Waals surface area contributed by atoms with E-state index in [0.717, 1.165) is 4.47 Å². The molecule has 120 valence electrons. The molecule has 0 aliphatic carbocycles. The van der Waals surface area contributed by atoms with E-state index in [0.29, 0.717) is 11.3 Å². The molecule has 1 saturated heterocycles. The fraction of sp³-hybridized carbons (Fsp3) is 0. The second kappa shape index (κ2) is 6.62. The summed E-state index contributed by atoms with van der Waals surface area (Å²) in [6.07, 6.45) is 1.49. The Morgan fingerprint density at radius 3 is 2.50 bits per heavy atom. The average molecular weight is 405 g/mol. The lowest BCUT2D eigenvalue weighted by Crippen LogP contribution is -2.54. The van der Waals surface area contributed by atoms with Crippen LogP contribution in [0.1, 0.15) is 5.56 Å². The van der Waals surface area contributed by atoms with Crippen LogP contribution in [0.5, 0.6) is 0 Å². The summed E-state index contributed by atoms with van der Waals surface area (Å²) in [7, 11) is 0. The van der Waals surface area contributed by atoms with Gasteiger partial charge in [0.05, 0.1) is 5.69 Å². The molecule has 1 aliphatic rings. The molecule has 0 spiro atoms. The lowest BCUT2D eigenvalue weighted by atomic mass is 10.1. The molecule has 1 fully saturated rings. The number of hydrogen-bond acceptors (Lipinski definition) is 3. The first-order chi connectivity index (χ1) is 11.5. The van der Waals surface area contributed by atoms with Crippen molar-refractivity contribution in [2.24, 2.45) is 0 Å². The highest BCUT2D eigenvalue weighted by atomic mass is 79.9. The number of hydrogen-bond donors (Lipinski definition) is 1. The fourth-order valence-electron chi connectivity index (χ4n) is 2.25. The van der Waals surface area contributed by atoms with Crippen molar-refractivity contribution in [3.05, 3.63) is 70.0 Å². The molecule has 24 heavy (non-hydrogen) atoms. The maximum Gasteiger partial charge on any atom is 0.270 e. The van der Waals surface area contributed by atoms with Crippen molar-refractivity contribution < 1.29 is 14.0 Å². The summed E-state index contributed by atoms with van der Waals surface area (Å²) in [6.45, 7) is 0. The van der Waals surface area contributed by atoms with Gasteiger partial charge in [0.1, 0.15) is 11.4 Å². The van der Waals surface area contributed by atoms with Crippen LogP contribution < -0.4 is 10.2 Å². The number of thiocarbonyl (C=S) groups is 1. The second-order valence-corrected chi connectivity index (χ2v) is 6.29. The van der Waals surface area contributed by atoms with Gasteiger partial charge in [-0.15, -0.1) is 0 Å². The summed E-state index contributed by atoms with van der Waals surface area (Å²) in [5, 5.41) is 2.44.